The summed E-state index contributed by atoms with van der Waals surface area (Å²) in [6, 6.07) is 15.8. The van der Waals surface area contributed by atoms with Crippen LogP contribution in [0.1, 0.15) is 98.8 Å². The second-order valence-corrected chi connectivity index (χ2v) is 12.3. The number of nitrogens with zero attached hydrogens (tertiary/aromatic N) is 1. The van der Waals surface area contributed by atoms with E-state index in [1.807, 2.05) is 18.2 Å². The lowest BCUT2D eigenvalue weighted by Crippen LogP contribution is -2.37. The predicted octanol–water partition coefficient (Wildman–Crippen LogP) is 6.34. The fourth-order valence-corrected chi connectivity index (χ4v) is 6.71. The molecule has 3 aliphatic rings. The SMILES string of the molecule is CC1CC(C)(C)Nc2cc3c(cc21)C(c1ccccc1C(=O)O)=c1cc2c(cc1O3)=NC(C)(C)CC2C. The van der Waals surface area contributed by atoms with Crippen LogP contribution < -0.4 is 20.6 Å². The van der Waals surface area contributed by atoms with Gasteiger partial charge in [-0.2, -0.15) is 0 Å². The van der Waals surface area contributed by atoms with Crippen LogP contribution in [0.25, 0.3) is 5.57 Å². The fraction of sp³-hybridized carbons (Fsp3) is 0.375. The van der Waals surface area contributed by atoms with Crippen LogP contribution in [0.3, 0.4) is 0 Å². The summed E-state index contributed by atoms with van der Waals surface area (Å²) < 4.78 is 6.60. The van der Waals surface area contributed by atoms with Gasteiger partial charge in [0, 0.05) is 39.7 Å². The highest BCUT2D eigenvalue weighted by molar-refractivity contribution is 5.98. The number of carboxylic acids is 1. The van der Waals surface area contributed by atoms with Crippen LogP contribution in [0.5, 0.6) is 11.5 Å². The summed E-state index contributed by atoms with van der Waals surface area (Å²) in [5.41, 5.74) is 6.19. The molecule has 3 heterocycles. The van der Waals surface area contributed by atoms with Gasteiger partial charge in [-0.3, -0.25) is 4.99 Å². The van der Waals surface area contributed by atoms with Crippen molar-refractivity contribution in [1.29, 1.82) is 0 Å². The van der Waals surface area contributed by atoms with Crippen molar-refractivity contribution in [2.24, 2.45) is 4.99 Å². The first-order valence-corrected chi connectivity index (χ1v) is 13.2. The minimum Gasteiger partial charge on any atom is -0.478 e. The average Bonchev–Trinajstić information content (AvgIpc) is 2.79. The zero-order valence-electron chi connectivity index (χ0n) is 22.4. The Morgan fingerprint density at radius 1 is 0.946 bits per heavy atom. The van der Waals surface area contributed by atoms with Gasteiger partial charge in [0.1, 0.15) is 11.5 Å². The van der Waals surface area contributed by atoms with Crippen LogP contribution in [0.15, 0.2) is 53.5 Å². The average molecular weight is 495 g/mol. The van der Waals surface area contributed by atoms with E-state index in [1.165, 1.54) is 11.1 Å². The molecule has 3 aromatic rings. The lowest BCUT2D eigenvalue weighted by atomic mass is 9.79. The summed E-state index contributed by atoms with van der Waals surface area (Å²) in [6.07, 6.45) is 1.98. The molecule has 0 spiro atoms. The van der Waals surface area contributed by atoms with Crippen LogP contribution in [0, 0.1) is 0 Å². The van der Waals surface area contributed by atoms with Crippen molar-refractivity contribution in [3.8, 4) is 11.5 Å². The lowest BCUT2D eigenvalue weighted by Gasteiger charge is -2.38. The standard InChI is InChI=1S/C32H34N2O3/c1-17-15-31(3,4)33-25-13-27-23(11-21(17)25)29(19-9-7-8-10-20(19)30(35)36)24-12-22-18(2)16-32(5,6)34-26(22)14-28(24)37-27/h7-14,17-18,33H,15-16H2,1-6H3,(H,35,36). The van der Waals surface area contributed by atoms with Gasteiger partial charge in [0.05, 0.1) is 16.5 Å². The first kappa shape index (κ1) is 23.8. The third-order valence-electron chi connectivity index (χ3n) is 8.05. The predicted molar refractivity (Wildman–Crippen MR) is 147 cm³/mol. The molecule has 0 radical (unpaired) electrons. The van der Waals surface area contributed by atoms with Crippen molar-refractivity contribution in [2.75, 3.05) is 5.32 Å². The normalized spacial score (nSPS) is 22.3. The zero-order chi connectivity index (χ0) is 26.3. The number of benzene rings is 3. The number of hydrogen-bond acceptors (Lipinski definition) is 4. The van der Waals surface area contributed by atoms with Gasteiger partial charge in [0.15, 0.2) is 0 Å². The molecule has 0 amide bonds. The molecule has 3 aromatic carbocycles. The Hall–Kier alpha value is -3.60. The number of carbonyl (C=O) groups is 1. The summed E-state index contributed by atoms with van der Waals surface area (Å²) >= 11 is 0. The Labute approximate surface area is 217 Å². The summed E-state index contributed by atoms with van der Waals surface area (Å²) in [5.74, 6) is 1.22. The smallest absolute Gasteiger partial charge is 0.336 e. The maximum absolute atomic E-state index is 12.3. The lowest BCUT2D eigenvalue weighted by molar-refractivity contribution is 0.0696. The first-order valence-electron chi connectivity index (χ1n) is 13.2. The highest BCUT2D eigenvalue weighted by Crippen LogP contribution is 2.46. The van der Waals surface area contributed by atoms with E-state index in [0.29, 0.717) is 17.4 Å². The second-order valence-electron chi connectivity index (χ2n) is 12.3. The fourth-order valence-electron chi connectivity index (χ4n) is 6.71. The van der Waals surface area contributed by atoms with Crippen molar-refractivity contribution in [3.63, 3.8) is 0 Å². The van der Waals surface area contributed by atoms with Gasteiger partial charge in [-0.1, -0.05) is 32.0 Å². The van der Waals surface area contributed by atoms with Crippen molar-refractivity contribution in [1.82, 2.24) is 0 Å². The quantitative estimate of drug-likeness (QED) is 0.341. The third-order valence-corrected chi connectivity index (χ3v) is 8.05. The number of anilines is 1. The summed E-state index contributed by atoms with van der Waals surface area (Å²) in [6.45, 7) is 13.3. The number of aromatic carboxylic acids is 1. The zero-order valence-corrected chi connectivity index (χ0v) is 22.4. The first-order chi connectivity index (χ1) is 17.4. The molecule has 3 aliphatic heterocycles. The number of nitrogens with one attached hydrogen (secondary N) is 1. The van der Waals surface area contributed by atoms with Crippen LogP contribution in [-0.4, -0.2) is 22.2 Å². The molecule has 0 aromatic heterocycles. The van der Waals surface area contributed by atoms with E-state index < -0.39 is 5.97 Å². The van der Waals surface area contributed by atoms with Crippen molar-refractivity contribution >= 4 is 17.2 Å². The van der Waals surface area contributed by atoms with Crippen molar-refractivity contribution in [3.05, 3.63) is 86.9 Å². The minimum atomic E-state index is -0.935. The summed E-state index contributed by atoms with van der Waals surface area (Å²) in [7, 11) is 0. The van der Waals surface area contributed by atoms with E-state index in [9.17, 15) is 9.90 Å². The molecule has 5 heteroatoms. The highest BCUT2D eigenvalue weighted by atomic mass is 16.5. The molecule has 0 bridgehead atoms. The van der Waals surface area contributed by atoms with E-state index in [1.54, 1.807) is 12.1 Å². The molecule has 0 saturated heterocycles. The third kappa shape index (κ3) is 3.92. The van der Waals surface area contributed by atoms with E-state index in [-0.39, 0.29) is 16.6 Å². The topological polar surface area (TPSA) is 70.9 Å². The molecule has 5 nitrogen and oxygen atoms in total. The second kappa shape index (κ2) is 7.95. The molecule has 0 saturated carbocycles. The minimum absolute atomic E-state index is 0.0185. The maximum Gasteiger partial charge on any atom is 0.336 e. The number of rotatable bonds is 2. The summed E-state index contributed by atoms with van der Waals surface area (Å²) in [5, 5.41) is 15.7. The Bertz CT molecular complexity index is 1600. The largest absolute Gasteiger partial charge is 0.478 e. The van der Waals surface area contributed by atoms with E-state index in [0.717, 1.165) is 51.7 Å². The van der Waals surface area contributed by atoms with Crippen molar-refractivity contribution in [2.45, 2.75) is 77.3 Å². The molecular weight excluding hydrogens is 460 g/mol. The van der Waals surface area contributed by atoms with Crippen molar-refractivity contribution < 1.29 is 14.6 Å². The van der Waals surface area contributed by atoms with Crippen LogP contribution in [-0.2, 0) is 0 Å². The van der Waals surface area contributed by atoms with Crippen LogP contribution in [0.2, 0.25) is 0 Å². The molecule has 2 unspecified atom stereocenters. The maximum atomic E-state index is 12.3. The Kier molecular flexibility index (Phi) is 5.11. The van der Waals surface area contributed by atoms with Gasteiger partial charge in [-0.15, -0.1) is 0 Å². The Morgan fingerprint density at radius 2 is 1.68 bits per heavy atom. The Morgan fingerprint density at radius 3 is 2.43 bits per heavy atom. The molecule has 2 N–H and O–H groups in total. The van der Waals surface area contributed by atoms with Gasteiger partial charge >= 0.3 is 5.97 Å². The van der Waals surface area contributed by atoms with E-state index in [2.05, 4.69) is 65.1 Å². The van der Waals surface area contributed by atoms with Crippen LogP contribution in [0.4, 0.5) is 5.69 Å². The molecular formula is C32H34N2O3. The number of ether oxygens (including phenoxy) is 1. The van der Waals surface area contributed by atoms with Crippen LogP contribution >= 0.6 is 0 Å². The molecule has 37 heavy (non-hydrogen) atoms. The number of hydrogen-bond donors (Lipinski definition) is 2. The van der Waals surface area contributed by atoms with Gasteiger partial charge in [-0.05, 0) is 87.3 Å². The van der Waals surface area contributed by atoms with Gasteiger partial charge < -0.3 is 15.2 Å². The van der Waals surface area contributed by atoms with E-state index in [4.69, 9.17) is 9.73 Å². The molecule has 6 rings (SSSR count). The van der Waals surface area contributed by atoms with E-state index >= 15 is 0 Å². The van der Waals surface area contributed by atoms with Gasteiger partial charge in [0.2, 0.25) is 0 Å². The summed E-state index contributed by atoms with van der Waals surface area (Å²) in [4.78, 5) is 17.4. The van der Waals surface area contributed by atoms with Gasteiger partial charge in [-0.25, -0.2) is 4.79 Å². The monoisotopic (exact) mass is 494 g/mol. The number of fused-ring (bicyclic) bond motifs is 4. The highest BCUT2D eigenvalue weighted by Gasteiger charge is 2.34. The molecule has 190 valence electrons. The van der Waals surface area contributed by atoms with Gasteiger partial charge in [0.25, 0.3) is 0 Å². The number of carboxylic acid groups (broad SMARTS) is 1. The molecule has 2 atom stereocenters. The Balaban J connectivity index is 1.71. The molecule has 0 fully saturated rings. The molecule has 0 aliphatic carbocycles.